The highest BCUT2D eigenvalue weighted by atomic mass is 35.5. The predicted molar refractivity (Wildman–Crippen MR) is 134 cm³/mol. The second-order valence-corrected chi connectivity index (χ2v) is 8.22. The number of carboxylic acid groups (broad SMARTS) is 1. The maximum Gasteiger partial charge on any atom is 0.290 e. The molecule has 8 heteroatoms. The van der Waals surface area contributed by atoms with Crippen LogP contribution in [0.2, 0.25) is 5.02 Å². The van der Waals surface area contributed by atoms with E-state index in [1.807, 2.05) is 38.1 Å². The molecule has 0 saturated carbocycles. The van der Waals surface area contributed by atoms with Gasteiger partial charge in [0.1, 0.15) is 5.75 Å². The van der Waals surface area contributed by atoms with Crippen LogP contribution in [0.5, 0.6) is 5.75 Å². The van der Waals surface area contributed by atoms with Gasteiger partial charge < -0.3 is 19.6 Å². The van der Waals surface area contributed by atoms with Crippen molar-refractivity contribution >= 4 is 36.4 Å². The van der Waals surface area contributed by atoms with Crippen LogP contribution in [-0.2, 0) is 22.6 Å². The molecule has 33 heavy (non-hydrogen) atoms. The summed E-state index contributed by atoms with van der Waals surface area (Å²) in [5.41, 5.74) is 4.51. The Labute approximate surface area is 200 Å². The molecule has 0 saturated heterocycles. The van der Waals surface area contributed by atoms with Gasteiger partial charge in [0.15, 0.2) is 0 Å². The molecule has 1 heterocycles. The molecule has 7 nitrogen and oxygen atoms in total. The molecule has 0 atom stereocenters. The minimum atomic E-state index is -0.250. The van der Waals surface area contributed by atoms with Gasteiger partial charge in [0.2, 0.25) is 0 Å². The fraction of sp³-hybridized carbons (Fsp3) is 0.400. The number of carbonyl (C=O) groups is 1. The Balaban J connectivity index is 0.00000122. The molecule has 0 fully saturated rings. The maximum atomic E-state index is 8.36. The van der Waals surface area contributed by atoms with Crippen molar-refractivity contribution in [3.05, 3.63) is 58.1 Å². The quantitative estimate of drug-likeness (QED) is 0.234. The zero-order valence-electron chi connectivity index (χ0n) is 19.5. The van der Waals surface area contributed by atoms with Gasteiger partial charge in [0, 0.05) is 31.1 Å². The van der Waals surface area contributed by atoms with Crippen molar-refractivity contribution in [2.45, 2.75) is 52.7 Å². The molecule has 0 radical (unpaired) electrons. The van der Waals surface area contributed by atoms with E-state index in [-0.39, 0.29) is 12.6 Å². The van der Waals surface area contributed by atoms with Crippen LogP contribution in [0.25, 0.3) is 0 Å². The number of fused-ring (bicyclic) bond motifs is 1. The second kappa shape index (κ2) is 13.5. The standard InChI is InChI=1S/C24H30ClN3O2.CH2O2/c1-5-12-28-13-6-7-19-15-20(9-10-22(19)28)24(30-26-4)27-16-18-8-11-23(21(25)14-18)29-17(2)3;2-1-3/h8-11,14-15,17H,4-7,12-13,16H2,1-3H3;1H,(H,2,3). The van der Waals surface area contributed by atoms with Crippen LogP contribution in [0.1, 0.15) is 50.3 Å². The van der Waals surface area contributed by atoms with Gasteiger partial charge in [0.05, 0.1) is 17.7 Å². The van der Waals surface area contributed by atoms with Crippen LogP contribution in [0, 0.1) is 0 Å². The number of hydrogen-bond donors (Lipinski definition) is 1. The lowest BCUT2D eigenvalue weighted by molar-refractivity contribution is -0.122. The monoisotopic (exact) mass is 473 g/mol. The Bertz CT molecular complexity index is 963. The average molecular weight is 474 g/mol. The third-order valence-corrected chi connectivity index (χ3v) is 5.25. The van der Waals surface area contributed by atoms with E-state index in [9.17, 15) is 0 Å². The van der Waals surface area contributed by atoms with E-state index in [4.69, 9.17) is 31.1 Å². The van der Waals surface area contributed by atoms with E-state index in [1.54, 1.807) is 0 Å². The summed E-state index contributed by atoms with van der Waals surface area (Å²) in [5, 5.41) is 11.1. The van der Waals surface area contributed by atoms with Crippen molar-refractivity contribution in [2.75, 3.05) is 18.0 Å². The van der Waals surface area contributed by atoms with Gasteiger partial charge >= 0.3 is 0 Å². The molecule has 178 valence electrons. The summed E-state index contributed by atoms with van der Waals surface area (Å²) >= 11 is 6.35. The van der Waals surface area contributed by atoms with Crippen molar-refractivity contribution in [3.63, 3.8) is 0 Å². The van der Waals surface area contributed by atoms with Gasteiger partial charge in [-0.2, -0.15) is 0 Å². The fourth-order valence-corrected chi connectivity index (χ4v) is 3.95. The van der Waals surface area contributed by atoms with E-state index >= 15 is 0 Å². The average Bonchev–Trinajstić information content (AvgIpc) is 2.78. The number of oxime groups is 1. The molecule has 2 aromatic rings. The summed E-state index contributed by atoms with van der Waals surface area (Å²) in [6.07, 6.45) is 3.43. The SMILES string of the molecule is C=NOC(=NCc1ccc(OC(C)C)c(Cl)c1)c1ccc2c(c1)CCCN2CCC.O=CO. The summed E-state index contributed by atoms with van der Waals surface area (Å²) in [5.74, 6) is 1.13. The molecule has 1 N–H and O–H groups in total. The van der Waals surface area contributed by atoms with Crippen molar-refractivity contribution in [1.82, 2.24) is 0 Å². The van der Waals surface area contributed by atoms with Crippen molar-refractivity contribution < 1.29 is 19.5 Å². The molecule has 3 rings (SSSR count). The van der Waals surface area contributed by atoms with Gasteiger partial charge in [-0.25, -0.2) is 4.99 Å². The lowest BCUT2D eigenvalue weighted by atomic mass is 9.99. The molecule has 0 amide bonds. The zero-order valence-corrected chi connectivity index (χ0v) is 20.2. The number of hydrogen-bond acceptors (Lipinski definition) is 6. The normalized spacial score (nSPS) is 13.0. The first-order valence-electron chi connectivity index (χ1n) is 11.0. The number of anilines is 1. The Morgan fingerprint density at radius 1 is 1.30 bits per heavy atom. The number of aryl methyl sites for hydroxylation is 1. The van der Waals surface area contributed by atoms with Crippen molar-refractivity contribution in [2.24, 2.45) is 10.1 Å². The molecular formula is C25H32ClN3O4. The molecule has 0 aliphatic carbocycles. The zero-order chi connectivity index (χ0) is 24.2. The minimum absolute atomic E-state index is 0.0716. The van der Waals surface area contributed by atoms with E-state index in [1.165, 1.54) is 11.3 Å². The first kappa shape index (κ1) is 26.2. The first-order chi connectivity index (χ1) is 15.9. The van der Waals surface area contributed by atoms with E-state index in [2.05, 4.69) is 40.8 Å². The molecule has 0 unspecified atom stereocenters. The van der Waals surface area contributed by atoms with Gasteiger partial charge in [0.25, 0.3) is 12.4 Å². The lowest BCUT2D eigenvalue weighted by Gasteiger charge is -2.31. The van der Waals surface area contributed by atoms with E-state index in [0.717, 1.165) is 43.5 Å². The molecule has 0 aromatic heterocycles. The van der Waals surface area contributed by atoms with Crippen molar-refractivity contribution in [3.8, 4) is 5.75 Å². The van der Waals surface area contributed by atoms with Crippen LogP contribution in [0.15, 0.2) is 46.5 Å². The van der Waals surface area contributed by atoms with Crippen LogP contribution >= 0.6 is 11.6 Å². The highest BCUT2D eigenvalue weighted by molar-refractivity contribution is 6.32. The Hall–Kier alpha value is -3.06. The van der Waals surface area contributed by atoms with Crippen LogP contribution in [0.3, 0.4) is 0 Å². The maximum absolute atomic E-state index is 8.36. The molecule has 1 aliphatic rings. The topological polar surface area (TPSA) is 83.7 Å². The summed E-state index contributed by atoms with van der Waals surface area (Å²) in [4.78, 5) is 20.9. The van der Waals surface area contributed by atoms with E-state index in [0.29, 0.717) is 23.2 Å². The molecular weight excluding hydrogens is 442 g/mol. The number of aliphatic imine (C=N–C) groups is 1. The van der Waals surface area contributed by atoms with E-state index < -0.39 is 0 Å². The number of ether oxygens (including phenoxy) is 1. The number of benzene rings is 2. The Morgan fingerprint density at radius 2 is 2.06 bits per heavy atom. The molecule has 1 aliphatic heterocycles. The van der Waals surface area contributed by atoms with Crippen LogP contribution in [-0.4, -0.2) is 43.4 Å². The number of halogens is 1. The number of nitrogens with zero attached hydrogens (tertiary/aromatic N) is 3. The third kappa shape index (κ3) is 7.79. The molecule has 0 spiro atoms. The third-order valence-electron chi connectivity index (χ3n) is 4.95. The smallest absolute Gasteiger partial charge is 0.290 e. The van der Waals surface area contributed by atoms with Gasteiger partial charge in [-0.15, -0.1) is 0 Å². The van der Waals surface area contributed by atoms with Crippen LogP contribution in [0.4, 0.5) is 5.69 Å². The summed E-state index contributed by atoms with van der Waals surface area (Å²) in [6, 6.07) is 12.1. The summed E-state index contributed by atoms with van der Waals surface area (Å²) in [7, 11) is 0. The second-order valence-electron chi connectivity index (χ2n) is 7.81. The van der Waals surface area contributed by atoms with Crippen molar-refractivity contribution in [1.29, 1.82) is 0 Å². The summed E-state index contributed by atoms with van der Waals surface area (Å²) in [6.45, 7) is 12.0. The highest BCUT2D eigenvalue weighted by Gasteiger charge is 2.18. The highest BCUT2D eigenvalue weighted by Crippen LogP contribution is 2.29. The molecule has 0 bridgehead atoms. The minimum Gasteiger partial charge on any atom is -0.489 e. The number of rotatable bonds is 8. The lowest BCUT2D eigenvalue weighted by Crippen LogP contribution is -2.30. The van der Waals surface area contributed by atoms with Gasteiger partial charge in [-0.05, 0) is 74.6 Å². The van der Waals surface area contributed by atoms with Gasteiger partial charge in [-0.3, -0.25) is 4.79 Å². The Kier molecular flexibility index (Phi) is 10.7. The predicted octanol–water partition coefficient (Wildman–Crippen LogP) is 5.57. The largest absolute Gasteiger partial charge is 0.489 e. The summed E-state index contributed by atoms with van der Waals surface area (Å²) < 4.78 is 5.69. The van der Waals surface area contributed by atoms with Crippen LogP contribution < -0.4 is 9.64 Å². The molecule has 2 aromatic carbocycles. The Morgan fingerprint density at radius 3 is 2.70 bits per heavy atom. The first-order valence-corrected chi connectivity index (χ1v) is 11.4. The van der Waals surface area contributed by atoms with Gasteiger partial charge in [-0.1, -0.05) is 29.7 Å². The fourth-order valence-electron chi connectivity index (χ4n) is 3.70.